The number of carbonyl (C=O) groups excluding carboxylic acids is 1. The van der Waals surface area contributed by atoms with Crippen molar-refractivity contribution in [2.24, 2.45) is 5.92 Å². The van der Waals surface area contributed by atoms with E-state index in [0.29, 0.717) is 38.8 Å². The number of nitrogens with one attached hydrogen (secondary N) is 2. The van der Waals surface area contributed by atoms with Crippen molar-refractivity contribution in [2.75, 3.05) is 0 Å². The zero-order valence-corrected chi connectivity index (χ0v) is 18.1. The number of aromatic amines is 1. The van der Waals surface area contributed by atoms with E-state index >= 15 is 4.39 Å². The van der Waals surface area contributed by atoms with Gasteiger partial charge in [0.05, 0.1) is 16.1 Å². The third-order valence-electron chi connectivity index (χ3n) is 5.68. The van der Waals surface area contributed by atoms with Crippen molar-refractivity contribution in [1.82, 2.24) is 10.3 Å². The Kier molecular flexibility index (Phi) is 6.38. The van der Waals surface area contributed by atoms with Crippen LogP contribution >= 0.6 is 15.9 Å². The Morgan fingerprint density at radius 2 is 2.07 bits per heavy atom. The Hall–Kier alpha value is -1.95. The molecule has 4 nitrogen and oxygen atoms in total. The molecule has 2 aromatic rings. The number of H-pyrrole nitrogens is 1. The SMILES string of the molecule is CCCc1cccc(C(NC(=O)c2c(C)[nH]c(=O)c(Br)c2C)C2CCC2)c1F. The van der Waals surface area contributed by atoms with Crippen LogP contribution in [0, 0.1) is 25.6 Å². The van der Waals surface area contributed by atoms with Crippen LogP contribution in [0.5, 0.6) is 0 Å². The highest BCUT2D eigenvalue weighted by Crippen LogP contribution is 2.39. The van der Waals surface area contributed by atoms with Crippen molar-refractivity contribution in [1.29, 1.82) is 0 Å². The van der Waals surface area contributed by atoms with Gasteiger partial charge in [-0.25, -0.2) is 4.39 Å². The molecule has 0 saturated heterocycles. The Balaban J connectivity index is 1.98. The maximum atomic E-state index is 15.2. The van der Waals surface area contributed by atoms with Crippen molar-refractivity contribution in [3.05, 3.63) is 66.8 Å². The summed E-state index contributed by atoms with van der Waals surface area (Å²) in [4.78, 5) is 27.7. The largest absolute Gasteiger partial charge is 0.345 e. The number of pyridine rings is 1. The first-order valence-corrected chi connectivity index (χ1v) is 10.6. The first-order valence-electron chi connectivity index (χ1n) is 9.82. The Bertz CT molecular complexity index is 950. The number of carbonyl (C=O) groups is 1. The minimum atomic E-state index is -0.373. The van der Waals surface area contributed by atoms with Gasteiger partial charge in [-0.05, 0) is 66.1 Å². The molecule has 1 aliphatic rings. The van der Waals surface area contributed by atoms with Crippen LogP contribution in [0.4, 0.5) is 4.39 Å². The van der Waals surface area contributed by atoms with Crippen LogP contribution in [-0.4, -0.2) is 10.9 Å². The molecular weight excluding hydrogens is 423 g/mol. The highest BCUT2D eigenvalue weighted by molar-refractivity contribution is 9.10. The molecule has 1 fully saturated rings. The third-order valence-corrected chi connectivity index (χ3v) is 6.63. The number of aryl methyl sites for hydroxylation is 2. The lowest BCUT2D eigenvalue weighted by molar-refractivity contribution is 0.0897. The molecule has 0 spiro atoms. The molecule has 2 N–H and O–H groups in total. The molecule has 0 bridgehead atoms. The standard InChI is InChI=1S/C22H26BrFN2O2/c1-4-7-14-8-6-11-16(19(14)24)20(15-9-5-10-15)26-21(27)17-12(2)18(23)22(28)25-13(17)3/h6,8,11,15,20H,4-5,7,9-10H2,1-3H3,(H,25,28)(H,26,27). The highest BCUT2D eigenvalue weighted by Gasteiger charge is 2.33. The molecule has 0 radical (unpaired) electrons. The Morgan fingerprint density at radius 1 is 1.36 bits per heavy atom. The van der Waals surface area contributed by atoms with E-state index in [1.54, 1.807) is 19.9 Å². The molecule has 1 aromatic carbocycles. The lowest BCUT2D eigenvalue weighted by Crippen LogP contribution is -2.38. The molecule has 1 aliphatic carbocycles. The quantitative estimate of drug-likeness (QED) is 0.644. The fourth-order valence-electron chi connectivity index (χ4n) is 3.93. The van der Waals surface area contributed by atoms with Crippen LogP contribution in [0.3, 0.4) is 0 Å². The molecule has 1 saturated carbocycles. The molecule has 1 unspecified atom stereocenters. The lowest BCUT2D eigenvalue weighted by atomic mass is 9.76. The molecule has 1 amide bonds. The van der Waals surface area contributed by atoms with Crippen LogP contribution in [0.2, 0.25) is 0 Å². The molecule has 150 valence electrons. The summed E-state index contributed by atoms with van der Waals surface area (Å²) in [5, 5.41) is 3.07. The Labute approximate surface area is 173 Å². The minimum absolute atomic E-state index is 0.211. The normalized spacial score (nSPS) is 15.2. The number of hydrogen-bond acceptors (Lipinski definition) is 2. The predicted octanol–water partition coefficient (Wildman–Crippen LogP) is 5.12. The molecule has 0 aliphatic heterocycles. The van der Waals surface area contributed by atoms with E-state index in [4.69, 9.17) is 0 Å². The highest BCUT2D eigenvalue weighted by atomic mass is 79.9. The zero-order chi connectivity index (χ0) is 20.4. The van der Waals surface area contributed by atoms with Gasteiger partial charge in [0.2, 0.25) is 0 Å². The van der Waals surface area contributed by atoms with E-state index in [0.717, 1.165) is 25.7 Å². The third kappa shape index (κ3) is 3.93. The summed E-state index contributed by atoms with van der Waals surface area (Å²) in [6.07, 6.45) is 4.57. The molecule has 28 heavy (non-hydrogen) atoms. The van der Waals surface area contributed by atoms with E-state index in [2.05, 4.69) is 26.2 Å². The molecular formula is C22H26BrFN2O2. The molecule has 3 rings (SSSR count). The van der Waals surface area contributed by atoms with Gasteiger partial charge in [-0.2, -0.15) is 0 Å². The van der Waals surface area contributed by atoms with Crippen molar-refractivity contribution >= 4 is 21.8 Å². The summed E-state index contributed by atoms with van der Waals surface area (Å²) >= 11 is 3.25. The van der Waals surface area contributed by atoms with Crippen LogP contribution in [0.15, 0.2) is 27.5 Å². The fraction of sp³-hybridized carbons (Fsp3) is 0.455. The van der Waals surface area contributed by atoms with E-state index in [9.17, 15) is 9.59 Å². The number of hydrogen-bond donors (Lipinski definition) is 2. The van der Waals surface area contributed by atoms with Gasteiger partial charge in [-0.1, -0.05) is 38.0 Å². The summed E-state index contributed by atoms with van der Waals surface area (Å²) in [5.74, 6) is -0.274. The topological polar surface area (TPSA) is 62.0 Å². The monoisotopic (exact) mass is 448 g/mol. The first kappa shape index (κ1) is 20.8. The summed E-state index contributed by atoms with van der Waals surface area (Å²) in [5.41, 5.74) is 2.52. The van der Waals surface area contributed by atoms with Crippen molar-refractivity contribution in [3.8, 4) is 0 Å². The van der Waals surface area contributed by atoms with Crippen molar-refractivity contribution < 1.29 is 9.18 Å². The van der Waals surface area contributed by atoms with Gasteiger partial charge in [0.1, 0.15) is 5.82 Å². The van der Waals surface area contributed by atoms with Gasteiger partial charge in [-0.15, -0.1) is 0 Å². The molecule has 6 heteroatoms. The number of aromatic nitrogens is 1. The van der Waals surface area contributed by atoms with Crippen LogP contribution in [0.1, 0.15) is 71.4 Å². The Morgan fingerprint density at radius 3 is 2.68 bits per heavy atom. The van der Waals surface area contributed by atoms with Gasteiger partial charge < -0.3 is 10.3 Å². The summed E-state index contributed by atoms with van der Waals surface area (Å²) in [6.45, 7) is 5.47. The second kappa shape index (κ2) is 8.60. The zero-order valence-electron chi connectivity index (χ0n) is 16.5. The number of rotatable bonds is 6. The summed E-state index contributed by atoms with van der Waals surface area (Å²) in [6, 6.07) is 5.09. The van der Waals surface area contributed by atoms with Gasteiger partial charge in [0.15, 0.2) is 0 Å². The smallest absolute Gasteiger partial charge is 0.262 e. The molecule has 1 heterocycles. The minimum Gasteiger partial charge on any atom is -0.345 e. The number of halogens is 2. The molecule has 1 atom stereocenters. The summed E-state index contributed by atoms with van der Waals surface area (Å²) in [7, 11) is 0. The van der Waals surface area contributed by atoms with Gasteiger partial charge in [0, 0.05) is 11.3 Å². The van der Waals surface area contributed by atoms with Gasteiger partial charge in [-0.3, -0.25) is 9.59 Å². The number of benzene rings is 1. The van der Waals surface area contributed by atoms with Gasteiger partial charge >= 0.3 is 0 Å². The van der Waals surface area contributed by atoms with E-state index < -0.39 is 0 Å². The van der Waals surface area contributed by atoms with Crippen molar-refractivity contribution in [2.45, 2.75) is 58.9 Å². The summed E-state index contributed by atoms with van der Waals surface area (Å²) < 4.78 is 15.5. The maximum Gasteiger partial charge on any atom is 0.262 e. The first-order chi connectivity index (χ1) is 13.3. The second-order valence-electron chi connectivity index (χ2n) is 7.61. The predicted molar refractivity (Wildman–Crippen MR) is 112 cm³/mol. The lowest BCUT2D eigenvalue weighted by Gasteiger charge is -2.35. The second-order valence-corrected chi connectivity index (χ2v) is 8.40. The van der Waals surface area contributed by atoms with E-state index in [1.807, 2.05) is 19.1 Å². The molecule has 1 aromatic heterocycles. The average molecular weight is 449 g/mol. The van der Waals surface area contributed by atoms with Crippen LogP contribution < -0.4 is 10.9 Å². The average Bonchev–Trinajstić information content (AvgIpc) is 2.60. The van der Waals surface area contributed by atoms with Crippen LogP contribution in [-0.2, 0) is 6.42 Å². The van der Waals surface area contributed by atoms with E-state index in [-0.39, 0.29) is 29.2 Å². The number of amides is 1. The maximum absolute atomic E-state index is 15.2. The van der Waals surface area contributed by atoms with Gasteiger partial charge in [0.25, 0.3) is 11.5 Å². The van der Waals surface area contributed by atoms with E-state index in [1.165, 1.54) is 0 Å². The fourth-order valence-corrected chi connectivity index (χ4v) is 4.23. The van der Waals surface area contributed by atoms with Crippen LogP contribution in [0.25, 0.3) is 0 Å². The van der Waals surface area contributed by atoms with Crippen molar-refractivity contribution in [3.63, 3.8) is 0 Å².